The second-order valence-corrected chi connectivity index (χ2v) is 5.24. The number of rotatable bonds is 4. The summed E-state index contributed by atoms with van der Waals surface area (Å²) < 4.78 is 0. The largest absolute Gasteiger partial charge is 0.507 e. The second kappa shape index (κ2) is 6.32. The number of hydrogen-bond donors (Lipinski definition) is 2. The van der Waals surface area contributed by atoms with Crippen LogP contribution in [0.4, 0.5) is 0 Å². The predicted molar refractivity (Wildman–Crippen MR) is 90.1 cm³/mol. The van der Waals surface area contributed by atoms with E-state index in [2.05, 4.69) is 10.2 Å². The average molecular weight is 304 g/mol. The van der Waals surface area contributed by atoms with E-state index in [0.717, 1.165) is 16.7 Å². The van der Waals surface area contributed by atoms with Crippen LogP contribution in [-0.2, 0) is 0 Å². The second-order valence-electron chi connectivity index (χ2n) is 5.24. The highest BCUT2D eigenvalue weighted by Gasteiger charge is 2.19. The van der Waals surface area contributed by atoms with E-state index in [1.54, 1.807) is 24.4 Å². The summed E-state index contributed by atoms with van der Waals surface area (Å²) in [5.41, 5.74) is 3.32. The SMILES string of the molecule is C/C(=C\c1ccccc1)c1cn[nH]c1C(=O)c1ccccc1O. The van der Waals surface area contributed by atoms with Crippen molar-refractivity contribution in [3.63, 3.8) is 0 Å². The fourth-order valence-electron chi connectivity index (χ4n) is 2.44. The van der Waals surface area contributed by atoms with E-state index >= 15 is 0 Å². The molecule has 0 atom stereocenters. The van der Waals surface area contributed by atoms with Crippen LogP contribution < -0.4 is 0 Å². The molecule has 0 aliphatic heterocycles. The van der Waals surface area contributed by atoms with Gasteiger partial charge in [-0.15, -0.1) is 0 Å². The van der Waals surface area contributed by atoms with E-state index in [4.69, 9.17) is 0 Å². The van der Waals surface area contributed by atoms with Gasteiger partial charge in [0.2, 0.25) is 5.78 Å². The van der Waals surface area contributed by atoms with Crippen LogP contribution in [0, 0.1) is 0 Å². The van der Waals surface area contributed by atoms with Gasteiger partial charge in [-0.3, -0.25) is 9.89 Å². The molecule has 0 bridgehead atoms. The monoisotopic (exact) mass is 304 g/mol. The van der Waals surface area contributed by atoms with Crippen molar-refractivity contribution >= 4 is 17.4 Å². The molecule has 0 saturated heterocycles. The average Bonchev–Trinajstić information content (AvgIpc) is 3.05. The molecule has 2 N–H and O–H groups in total. The zero-order valence-corrected chi connectivity index (χ0v) is 12.7. The van der Waals surface area contributed by atoms with E-state index in [0.29, 0.717) is 5.69 Å². The smallest absolute Gasteiger partial charge is 0.215 e. The molecule has 1 heterocycles. The molecule has 1 aromatic heterocycles. The van der Waals surface area contributed by atoms with Crippen LogP contribution in [0.5, 0.6) is 5.75 Å². The Morgan fingerprint density at radius 2 is 1.74 bits per heavy atom. The third-order valence-corrected chi connectivity index (χ3v) is 3.62. The topological polar surface area (TPSA) is 66.0 Å². The highest BCUT2D eigenvalue weighted by atomic mass is 16.3. The third-order valence-electron chi connectivity index (χ3n) is 3.62. The molecule has 0 fully saturated rings. The molecule has 23 heavy (non-hydrogen) atoms. The molecule has 2 aromatic carbocycles. The number of para-hydroxylation sites is 1. The lowest BCUT2D eigenvalue weighted by atomic mass is 9.99. The third kappa shape index (κ3) is 3.06. The summed E-state index contributed by atoms with van der Waals surface area (Å²) in [6.45, 7) is 1.93. The number of benzene rings is 2. The molecule has 0 aliphatic rings. The van der Waals surface area contributed by atoms with E-state index in [1.165, 1.54) is 6.07 Å². The standard InChI is InChI=1S/C19H16N2O2/c1-13(11-14-7-3-2-4-8-14)16-12-20-21-18(16)19(23)15-9-5-6-10-17(15)22/h2-12,22H,1H3,(H,20,21)/b13-11+. The van der Waals surface area contributed by atoms with Gasteiger partial charge in [-0.2, -0.15) is 5.10 Å². The first-order chi connectivity index (χ1) is 11.2. The van der Waals surface area contributed by atoms with Crippen molar-refractivity contribution in [2.75, 3.05) is 0 Å². The normalized spacial score (nSPS) is 11.4. The number of aromatic hydroxyl groups is 1. The first-order valence-electron chi connectivity index (χ1n) is 7.26. The maximum absolute atomic E-state index is 12.6. The summed E-state index contributed by atoms with van der Waals surface area (Å²) in [7, 11) is 0. The summed E-state index contributed by atoms with van der Waals surface area (Å²) in [6, 6.07) is 16.4. The van der Waals surface area contributed by atoms with Crippen LogP contribution in [0.2, 0.25) is 0 Å². The van der Waals surface area contributed by atoms with Crippen molar-refractivity contribution in [3.05, 3.63) is 83.2 Å². The van der Waals surface area contributed by atoms with Crippen molar-refractivity contribution in [2.45, 2.75) is 6.92 Å². The highest BCUT2D eigenvalue weighted by molar-refractivity contribution is 6.12. The number of aromatic nitrogens is 2. The molecular weight excluding hydrogens is 288 g/mol. The molecule has 0 aliphatic carbocycles. The van der Waals surface area contributed by atoms with Crippen molar-refractivity contribution < 1.29 is 9.90 Å². The molecule has 0 unspecified atom stereocenters. The molecule has 114 valence electrons. The van der Waals surface area contributed by atoms with E-state index in [1.807, 2.05) is 43.3 Å². The molecule has 3 rings (SSSR count). The van der Waals surface area contributed by atoms with Crippen molar-refractivity contribution in [1.29, 1.82) is 0 Å². The van der Waals surface area contributed by atoms with Gasteiger partial charge < -0.3 is 5.11 Å². The molecule has 0 spiro atoms. The Bertz CT molecular complexity index is 864. The van der Waals surface area contributed by atoms with Crippen molar-refractivity contribution in [2.24, 2.45) is 0 Å². The first kappa shape index (κ1) is 14.8. The zero-order chi connectivity index (χ0) is 16.2. The molecule has 3 aromatic rings. The number of phenols is 1. The summed E-state index contributed by atoms with van der Waals surface area (Å²) in [5, 5.41) is 16.6. The number of phenolic OH excluding ortho intramolecular Hbond substituents is 1. The van der Waals surface area contributed by atoms with E-state index in [9.17, 15) is 9.90 Å². The van der Waals surface area contributed by atoms with Gasteiger partial charge in [-0.25, -0.2) is 0 Å². The highest BCUT2D eigenvalue weighted by Crippen LogP contribution is 2.25. The van der Waals surface area contributed by atoms with Gasteiger partial charge in [0, 0.05) is 5.56 Å². The quantitative estimate of drug-likeness (QED) is 0.718. The lowest BCUT2D eigenvalue weighted by Crippen LogP contribution is -2.05. The van der Waals surface area contributed by atoms with Gasteiger partial charge in [0.15, 0.2) is 0 Å². The van der Waals surface area contributed by atoms with Gasteiger partial charge in [0.1, 0.15) is 11.4 Å². The first-order valence-corrected chi connectivity index (χ1v) is 7.26. The van der Waals surface area contributed by atoms with Crippen LogP contribution in [0.1, 0.15) is 34.1 Å². The fourth-order valence-corrected chi connectivity index (χ4v) is 2.44. The van der Waals surface area contributed by atoms with Gasteiger partial charge >= 0.3 is 0 Å². The maximum atomic E-state index is 12.6. The number of ketones is 1. The van der Waals surface area contributed by atoms with Crippen molar-refractivity contribution in [1.82, 2.24) is 10.2 Å². The minimum absolute atomic E-state index is 0.0391. The number of nitrogens with zero attached hydrogens (tertiary/aromatic N) is 1. The minimum atomic E-state index is -0.281. The van der Waals surface area contributed by atoms with Crippen LogP contribution >= 0.6 is 0 Å². The molecule has 4 heteroatoms. The van der Waals surface area contributed by atoms with Crippen LogP contribution in [0.3, 0.4) is 0 Å². The molecule has 0 radical (unpaired) electrons. The Morgan fingerprint density at radius 1 is 1.04 bits per heavy atom. The molecule has 0 amide bonds. The lowest BCUT2D eigenvalue weighted by molar-refractivity contribution is 0.103. The number of allylic oxidation sites excluding steroid dienone is 1. The Balaban J connectivity index is 1.98. The van der Waals surface area contributed by atoms with Crippen LogP contribution in [-0.4, -0.2) is 21.1 Å². The van der Waals surface area contributed by atoms with Crippen molar-refractivity contribution in [3.8, 4) is 5.75 Å². The van der Waals surface area contributed by atoms with Crippen LogP contribution in [0.15, 0.2) is 60.8 Å². The number of hydrogen-bond acceptors (Lipinski definition) is 3. The van der Waals surface area contributed by atoms with Crippen LogP contribution in [0.25, 0.3) is 11.6 Å². The number of H-pyrrole nitrogens is 1. The zero-order valence-electron chi connectivity index (χ0n) is 12.7. The Morgan fingerprint density at radius 3 is 2.48 bits per heavy atom. The van der Waals surface area contributed by atoms with E-state index in [-0.39, 0.29) is 17.1 Å². The summed E-state index contributed by atoms with van der Waals surface area (Å²) in [6.07, 6.45) is 3.62. The van der Waals surface area contributed by atoms with Gasteiger partial charge in [-0.05, 0) is 30.2 Å². The van der Waals surface area contributed by atoms with Gasteiger partial charge in [0.25, 0.3) is 0 Å². The summed E-state index contributed by atoms with van der Waals surface area (Å²) in [4.78, 5) is 12.6. The maximum Gasteiger partial charge on any atom is 0.215 e. The lowest BCUT2D eigenvalue weighted by Gasteiger charge is -2.05. The molecular formula is C19H16N2O2. The summed E-state index contributed by atoms with van der Waals surface area (Å²) in [5.74, 6) is -0.320. The summed E-state index contributed by atoms with van der Waals surface area (Å²) >= 11 is 0. The predicted octanol–water partition coefficient (Wildman–Crippen LogP) is 3.91. The fraction of sp³-hybridized carbons (Fsp3) is 0.0526. The van der Waals surface area contributed by atoms with E-state index < -0.39 is 0 Å². The molecule has 0 saturated carbocycles. The van der Waals surface area contributed by atoms with Gasteiger partial charge in [-0.1, -0.05) is 48.5 Å². The Kier molecular flexibility index (Phi) is 4.06. The minimum Gasteiger partial charge on any atom is -0.507 e. The number of carbonyl (C=O) groups is 1. The Hall–Kier alpha value is -3.14. The number of nitrogens with one attached hydrogen (secondary N) is 1. The number of aromatic amines is 1. The number of carbonyl (C=O) groups excluding carboxylic acids is 1. The Labute approximate surface area is 134 Å². The molecule has 4 nitrogen and oxygen atoms in total. The van der Waals surface area contributed by atoms with Gasteiger partial charge in [0.05, 0.1) is 11.8 Å².